The van der Waals surface area contributed by atoms with Gasteiger partial charge in [-0.1, -0.05) is 36.4 Å². The largest absolute Gasteiger partial charge is 0.370 e. The number of nitrogens with two attached hydrogens (primary N) is 1. The maximum atomic E-state index is 11.6. The lowest BCUT2D eigenvalue weighted by Crippen LogP contribution is -2.10. The molecule has 5 rings (SSSR count). The second-order valence-electron chi connectivity index (χ2n) is 5.74. The van der Waals surface area contributed by atoms with Gasteiger partial charge in [0.25, 0.3) is 0 Å². The molecule has 0 spiro atoms. The van der Waals surface area contributed by atoms with Gasteiger partial charge in [0.05, 0.1) is 28.0 Å². The fourth-order valence-electron chi connectivity index (χ4n) is 3.36. The van der Waals surface area contributed by atoms with E-state index in [0.29, 0.717) is 11.1 Å². The molecule has 0 bridgehead atoms. The zero-order valence-electron chi connectivity index (χ0n) is 12.5. The van der Waals surface area contributed by atoms with E-state index in [-0.39, 0.29) is 0 Å². The average Bonchev–Trinajstić information content (AvgIpc) is 2.94. The second-order valence-corrected chi connectivity index (χ2v) is 5.74. The Hall–Kier alpha value is -3.31. The van der Waals surface area contributed by atoms with Crippen LogP contribution in [0.5, 0.6) is 0 Å². The van der Waals surface area contributed by atoms with Gasteiger partial charge >= 0.3 is 5.97 Å². The highest BCUT2D eigenvalue weighted by Crippen LogP contribution is 2.45. The molecule has 0 aliphatic heterocycles. The summed E-state index contributed by atoms with van der Waals surface area (Å²) < 4.78 is 0. The van der Waals surface area contributed by atoms with E-state index in [4.69, 9.17) is 15.9 Å². The van der Waals surface area contributed by atoms with Crippen LogP contribution in [0.15, 0.2) is 54.6 Å². The molecule has 0 saturated carbocycles. The maximum absolute atomic E-state index is 11.6. The Morgan fingerprint density at radius 2 is 1.54 bits per heavy atom. The number of rotatable bonds is 1. The Balaban J connectivity index is 1.84. The minimum absolute atomic E-state index is 0.355. The number of carbonyl (C=O) groups excluding carboxylic acids is 1. The summed E-state index contributed by atoms with van der Waals surface area (Å²) in [5, 5.41) is 2.34. The zero-order chi connectivity index (χ0) is 16.3. The predicted octanol–water partition coefficient (Wildman–Crippen LogP) is 3.46. The lowest BCUT2D eigenvalue weighted by Gasteiger charge is -2.05. The molecule has 1 aromatic heterocycles. The molecular weight excluding hydrogens is 302 g/mol. The van der Waals surface area contributed by atoms with Gasteiger partial charge in [-0.2, -0.15) is 5.90 Å². The molecule has 24 heavy (non-hydrogen) atoms. The van der Waals surface area contributed by atoms with Crippen molar-refractivity contribution in [3.05, 3.63) is 60.2 Å². The summed E-state index contributed by atoms with van der Waals surface area (Å²) in [6.45, 7) is 0. The van der Waals surface area contributed by atoms with Crippen LogP contribution in [-0.4, -0.2) is 15.9 Å². The fourth-order valence-corrected chi connectivity index (χ4v) is 3.36. The van der Waals surface area contributed by atoms with Crippen molar-refractivity contribution in [3.8, 4) is 22.5 Å². The molecule has 0 atom stereocenters. The first-order valence-corrected chi connectivity index (χ1v) is 7.51. The summed E-state index contributed by atoms with van der Waals surface area (Å²) in [6.07, 6.45) is 0. The molecule has 114 valence electrons. The van der Waals surface area contributed by atoms with Crippen molar-refractivity contribution in [2.75, 3.05) is 0 Å². The van der Waals surface area contributed by atoms with Crippen LogP contribution in [0.25, 0.3) is 44.3 Å². The van der Waals surface area contributed by atoms with Crippen molar-refractivity contribution in [2.24, 2.45) is 5.90 Å². The SMILES string of the molecule is NOC(=O)c1ccc2nc3c(nc2c1)-c1cccc2cccc-3c12. The average molecular weight is 313 g/mol. The number of hydrogen-bond donors (Lipinski definition) is 1. The van der Waals surface area contributed by atoms with Crippen LogP contribution in [0.4, 0.5) is 0 Å². The molecule has 0 amide bonds. The molecule has 1 heterocycles. The molecule has 0 radical (unpaired) electrons. The van der Waals surface area contributed by atoms with Crippen LogP contribution in [0.3, 0.4) is 0 Å². The number of hydrogen-bond acceptors (Lipinski definition) is 5. The van der Waals surface area contributed by atoms with Crippen molar-refractivity contribution in [3.63, 3.8) is 0 Å². The monoisotopic (exact) mass is 313 g/mol. The third-order valence-corrected chi connectivity index (χ3v) is 4.42. The quantitative estimate of drug-likeness (QED) is 0.479. The Kier molecular flexibility index (Phi) is 2.52. The number of carbonyl (C=O) groups is 1. The minimum Gasteiger partial charge on any atom is -0.370 e. The van der Waals surface area contributed by atoms with E-state index in [0.717, 1.165) is 28.0 Å². The molecule has 1 aliphatic carbocycles. The van der Waals surface area contributed by atoms with Gasteiger partial charge in [-0.3, -0.25) is 0 Å². The van der Waals surface area contributed by atoms with Gasteiger partial charge in [-0.25, -0.2) is 14.8 Å². The van der Waals surface area contributed by atoms with Crippen molar-refractivity contribution in [2.45, 2.75) is 0 Å². The van der Waals surface area contributed by atoms with Crippen molar-refractivity contribution in [1.29, 1.82) is 0 Å². The molecule has 0 fully saturated rings. The van der Waals surface area contributed by atoms with Crippen LogP contribution in [0.1, 0.15) is 10.4 Å². The van der Waals surface area contributed by atoms with Crippen LogP contribution < -0.4 is 5.90 Å². The summed E-state index contributed by atoms with van der Waals surface area (Å²) in [5.74, 6) is 4.37. The first-order valence-electron chi connectivity index (χ1n) is 7.51. The zero-order valence-corrected chi connectivity index (χ0v) is 12.5. The Morgan fingerprint density at radius 1 is 0.875 bits per heavy atom. The normalized spacial score (nSPS) is 11.7. The number of benzene rings is 3. The van der Waals surface area contributed by atoms with Crippen LogP contribution in [0.2, 0.25) is 0 Å². The number of nitrogens with zero attached hydrogens (tertiary/aromatic N) is 2. The van der Waals surface area contributed by atoms with Gasteiger partial charge in [0.2, 0.25) is 0 Å². The summed E-state index contributed by atoms with van der Waals surface area (Å²) in [6, 6.07) is 17.4. The van der Waals surface area contributed by atoms with Crippen molar-refractivity contribution in [1.82, 2.24) is 9.97 Å². The first kappa shape index (κ1) is 13.2. The van der Waals surface area contributed by atoms with Gasteiger partial charge in [0.1, 0.15) is 0 Å². The predicted molar refractivity (Wildman–Crippen MR) is 91.1 cm³/mol. The second kappa shape index (κ2) is 4.59. The van der Waals surface area contributed by atoms with Crippen molar-refractivity contribution >= 4 is 27.8 Å². The van der Waals surface area contributed by atoms with E-state index in [1.165, 1.54) is 10.8 Å². The van der Waals surface area contributed by atoms with E-state index in [9.17, 15) is 4.79 Å². The highest BCUT2D eigenvalue weighted by atomic mass is 16.7. The molecular formula is C19H11N3O2. The lowest BCUT2D eigenvalue weighted by atomic mass is 10.0. The van der Waals surface area contributed by atoms with Gasteiger partial charge in [0.15, 0.2) is 0 Å². The summed E-state index contributed by atoms with van der Waals surface area (Å²) >= 11 is 0. The summed E-state index contributed by atoms with van der Waals surface area (Å²) in [5.41, 5.74) is 5.61. The van der Waals surface area contributed by atoms with Crippen LogP contribution in [-0.2, 0) is 4.84 Å². The Bertz CT molecular complexity index is 1160. The van der Waals surface area contributed by atoms with E-state index < -0.39 is 5.97 Å². The first-order chi connectivity index (χ1) is 11.8. The molecule has 0 unspecified atom stereocenters. The highest BCUT2D eigenvalue weighted by Gasteiger charge is 2.24. The minimum atomic E-state index is -0.593. The van der Waals surface area contributed by atoms with Crippen molar-refractivity contribution < 1.29 is 9.63 Å². The molecule has 5 heteroatoms. The standard InChI is InChI=1S/C19H11N3O2/c20-24-19(23)11-7-8-14-15(9-11)22-18-13-6-2-4-10-3-1-5-12(16(10)13)17(18)21-14/h1-9H,20H2. The van der Waals surface area contributed by atoms with Crippen LogP contribution >= 0.6 is 0 Å². The van der Waals surface area contributed by atoms with E-state index >= 15 is 0 Å². The molecule has 1 aliphatic rings. The third kappa shape index (κ3) is 1.64. The number of aromatic nitrogens is 2. The van der Waals surface area contributed by atoms with Gasteiger partial charge in [0, 0.05) is 16.5 Å². The smallest absolute Gasteiger partial charge is 0.356 e. The summed E-state index contributed by atoms with van der Waals surface area (Å²) in [7, 11) is 0. The maximum Gasteiger partial charge on any atom is 0.356 e. The van der Waals surface area contributed by atoms with E-state index in [1.54, 1.807) is 18.2 Å². The molecule has 3 aromatic carbocycles. The molecule has 4 aromatic rings. The van der Waals surface area contributed by atoms with E-state index in [1.807, 2.05) is 12.1 Å². The Labute approximate surface area is 136 Å². The van der Waals surface area contributed by atoms with Gasteiger partial charge < -0.3 is 4.84 Å². The Morgan fingerprint density at radius 3 is 2.21 bits per heavy atom. The molecule has 5 nitrogen and oxygen atoms in total. The molecule has 2 N–H and O–H groups in total. The summed E-state index contributed by atoms with van der Waals surface area (Å²) in [4.78, 5) is 25.5. The third-order valence-electron chi connectivity index (χ3n) is 4.42. The fraction of sp³-hybridized carbons (Fsp3) is 0. The van der Waals surface area contributed by atoms with Gasteiger partial charge in [-0.15, -0.1) is 0 Å². The van der Waals surface area contributed by atoms with Gasteiger partial charge in [-0.05, 0) is 23.6 Å². The highest BCUT2D eigenvalue weighted by molar-refractivity contribution is 6.14. The topological polar surface area (TPSA) is 78.1 Å². The number of fused-ring (bicyclic) bond motifs is 4. The van der Waals surface area contributed by atoms with E-state index in [2.05, 4.69) is 29.1 Å². The molecule has 0 saturated heterocycles. The van der Waals surface area contributed by atoms with Crippen LogP contribution in [0, 0.1) is 0 Å². The lowest BCUT2D eigenvalue weighted by molar-refractivity contribution is 0.0503.